The smallest absolute Gasteiger partial charge is 0.236 e. The number of nitrogens with zero attached hydrogens (tertiary/aromatic N) is 3. The third kappa shape index (κ3) is 4.20. The minimum atomic E-state index is -0.0469. The first-order valence-electron chi connectivity index (χ1n) is 8.88. The van der Waals surface area contributed by atoms with Crippen LogP contribution in [0.1, 0.15) is 22.8 Å². The highest BCUT2D eigenvalue weighted by atomic mass is 32.1. The fourth-order valence-electron chi connectivity index (χ4n) is 2.89. The number of carbonyl (C=O) groups excluding carboxylic acids is 1. The zero-order valence-electron chi connectivity index (χ0n) is 15.4. The van der Waals surface area contributed by atoms with Gasteiger partial charge in [-0.1, -0.05) is 12.1 Å². The summed E-state index contributed by atoms with van der Waals surface area (Å²) >= 11 is 1.56. The van der Waals surface area contributed by atoms with E-state index in [1.54, 1.807) is 34.9 Å². The number of pyridine rings is 1. The monoisotopic (exact) mass is 393 g/mol. The van der Waals surface area contributed by atoms with Crippen molar-refractivity contribution in [2.75, 3.05) is 0 Å². The molecule has 4 heterocycles. The summed E-state index contributed by atoms with van der Waals surface area (Å²) in [5.74, 6) is 1.90. The molecule has 0 unspecified atom stereocenters. The second-order valence-electron chi connectivity index (χ2n) is 6.37. The van der Waals surface area contributed by atoms with Crippen LogP contribution in [0.15, 0.2) is 69.3 Å². The molecule has 4 aromatic rings. The van der Waals surface area contributed by atoms with Crippen LogP contribution in [0.5, 0.6) is 0 Å². The Labute approximate surface area is 166 Å². The molecule has 4 aromatic heterocycles. The zero-order valence-corrected chi connectivity index (χ0v) is 16.2. The zero-order chi connectivity index (χ0) is 19.3. The number of carbonyl (C=O) groups is 1. The van der Waals surface area contributed by atoms with Crippen LogP contribution in [0.3, 0.4) is 0 Å². The number of amides is 1. The molecule has 0 N–H and O–H groups in total. The van der Waals surface area contributed by atoms with Gasteiger partial charge >= 0.3 is 0 Å². The van der Waals surface area contributed by atoms with Crippen LogP contribution in [0.2, 0.25) is 0 Å². The van der Waals surface area contributed by atoms with Gasteiger partial charge < -0.3 is 13.7 Å². The molecule has 0 bridgehead atoms. The fourth-order valence-corrected chi connectivity index (χ4v) is 3.54. The van der Waals surface area contributed by atoms with Crippen molar-refractivity contribution in [1.29, 1.82) is 0 Å². The van der Waals surface area contributed by atoms with Crippen molar-refractivity contribution in [3.63, 3.8) is 0 Å². The summed E-state index contributed by atoms with van der Waals surface area (Å²) in [6.07, 6.45) is 5.25. The van der Waals surface area contributed by atoms with E-state index in [1.165, 1.54) is 0 Å². The van der Waals surface area contributed by atoms with Crippen LogP contribution in [-0.2, 0) is 24.3 Å². The van der Waals surface area contributed by atoms with Gasteiger partial charge in [-0.15, -0.1) is 11.3 Å². The summed E-state index contributed by atoms with van der Waals surface area (Å²) in [6, 6.07) is 11.4. The second kappa shape index (κ2) is 8.22. The van der Waals surface area contributed by atoms with E-state index in [2.05, 4.69) is 9.97 Å². The maximum atomic E-state index is 13.1. The normalized spacial score (nSPS) is 10.9. The molecule has 0 aliphatic rings. The average Bonchev–Trinajstić information content (AvgIpc) is 3.45. The van der Waals surface area contributed by atoms with E-state index in [0.29, 0.717) is 30.4 Å². The van der Waals surface area contributed by atoms with Crippen molar-refractivity contribution < 1.29 is 13.6 Å². The van der Waals surface area contributed by atoms with Gasteiger partial charge in [-0.05, 0) is 42.1 Å². The summed E-state index contributed by atoms with van der Waals surface area (Å²) < 4.78 is 11.2. The Morgan fingerprint density at radius 2 is 2.11 bits per heavy atom. The second-order valence-corrected chi connectivity index (χ2v) is 7.31. The molecule has 28 heavy (non-hydrogen) atoms. The maximum Gasteiger partial charge on any atom is 0.236 e. The number of thiophene rings is 1. The van der Waals surface area contributed by atoms with Crippen molar-refractivity contribution in [2.45, 2.75) is 26.4 Å². The van der Waals surface area contributed by atoms with Gasteiger partial charge in [0.25, 0.3) is 0 Å². The lowest BCUT2D eigenvalue weighted by Crippen LogP contribution is -2.31. The first kappa shape index (κ1) is 18.2. The number of hydrogen-bond donors (Lipinski definition) is 0. The first-order valence-corrected chi connectivity index (χ1v) is 9.76. The van der Waals surface area contributed by atoms with Gasteiger partial charge in [0.15, 0.2) is 0 Å². The lowest BCUT2D eigenvalue weighted by atomic mass is 10.2. The first-order chi connectivity index (χ1) is 13.7. The van der Waals surface area contributed by atoms with Crippen LogP contribution in [0, 0.1) is 6.92 Å². The lowest BCUT2D eigenvalue weighted by molar-refractivity contribution is -0.132. The minimum Gasteiger partial charge on any atom is -0.467 e. The molecule has 0 aliphatic heterocycles. The number of aromatic nitrogens is 2. The van der Waals surface area contributed by atoms with Crippen LogP contribution < -0.4 is 0 Å². The molecule has 6 nitrogen and oxygen atoms in total. The highest BCUT2D eigenvalue weighted by Crippen LogP contribution is 2.26. The number of furan rings is 1. The molecule has 0 saturated heterocycles. The predicted molar refractivity (Wildman–Crippen MR) is 105 cm³/mol. The van der Waals surface area contributed by atoms with Crippen LogP contribution in [-0.4, -0.2) is 20.8 Å². The highest BCUT2D eigenvalue weighted by molar-refractivity contribution is 7.13. The van der Waals surface area contributed by atoms with Crippen molar-refractivity contribution in [3.8, 4) is 10.8 Å². The third-order valence-electron chi connectivity index (χ3n) is 4.32. The van der Waals surface area contributed by atoms with Gasteiger partial charge in [0.2, 0.25) is 11.8 Å². The van der Waals surface area contributed by atoms with Crippen molar-refractivity contribution in [2.24, 2.45) is 0 Å². The van der Waals surface area contributed by atoms with Crippen molar-refractivity contribution in [3.05, 3.63) is 83.2 Å². The average molecular weight is 393 g/mol. The van der Waals surface area contributed by atoms with Gasteiger partial charge in [0.1, 0.15) is 11.5 Å². The van der Waals surface area contributed by atoms with Crippen molar-refractivity contribution in [1.82, 2.24) is 14.9 Å². The fraction of sp³-hybridized carbons (Fsp3) is 0.190. The predicted octanol–water partition coefficient (Wildman–Crippen LogP) is 4.47. The summed E-state index contributed by atoms with van der Waals surface area (Å²) in [6.45, 7) is 2.67. The molecule has 142 valence electrons. The molecule has 0 aromatic carbocycles. The summed E-state index contributed by atoms with van der Waals surface area (Å²) in [4.78, 5) is 24.4. The molecule has 0 fully saturated rings. The van der Waals surface area contributed by atoms with Gasteiger partial charge in [-0.3, -0.25) is 9.78 Å². The standard InChI is InChI=1S/C21H19N3O3S/c1-15-18(23-21(27-15)19-7-4-10-28-19)11-20(25)24(14-17-6-3-9-26-17)13-16-5-2-8-22-12-16/h2-10,12H,11,13-14H2,1H3. The van der Waals surface area contributed by atoms with E-state index < -0.39 is 0 Å². The molecule has 0 atom stereocenters. The Balaban J connectivity index is 1.53. The van der Waals surface area contributed by atoms with Gasteiger partial charge in [-0.2, -0.15) is 0 Å². The third-order valence-corrected chi connectivity index (χ3v) is 5.18. The van der Waals surface area contributed by atoms with E-state index >= 15 is 0 Å². The highest BCUT2D eigenvalue weighted by Gasteiger charge is 2.21. The number of oxazole rings is 1. The van der Waals surface area contributed by atoms with Gasteiger partial charge in [-0.25, -0.2) is 4.98 Å². The SMILES string of the molecule is Cc1oc(-c2cccs2)nc1CC(=O)N(Cc1cccnc1)Cc1ccco1. The molecular weight excluding hydrogens is 374 g/mol. The number of rotatable bonds is 7. The quantitative estimate of drug-likeness (QED) is 0.463. The van der Waals surface area contributed by atoms with E-state index in [1.807, 2.05) is 48.7 Å². The number of hydrogen-bond acceptors (Lipinski definition) is 6. The molecule has 0 saturated carbocycles. The Hall–Kier alpha value is -3.19. The Bertz CT molecular complexity index is 1020. The van der Waals surface area contributed by atoms with Gasteiger partial charge in [0, 0.05) is 18.9 Å². The molecule has 1 amide bonds. The van der Waals surface area contributed by atoms with Crippen LogP contribution in [0.25, 0.3) is 10.8 Å². The van der Waals surface area contributed by atoms with E-state index in [4.69, 9.17) is 8.83 Å². The van der Waals surface area contributed by atoms with E-state index in [9.17, 15) is 4.79 Å². The summed E-state index contributed by atoms with van der Waals surface area (Å²) in [7, 11) is 0. The Morgan fingerprint density at radius 3 is 2.82 bits per heavy atom. The van der Waals surface area contributed by atoms with E-state index in [-0.39, 0.29) is 12.3 Å². The Kier molecular flexibility index (Phi) is 5.34. The summed E-state index contributed by atoms with van der Waals surface area (Å²) in [5.41, 5.74) is 1.61. The maximum absolute atomic E-state index is 13.1. The van der Waals surface area contributed by atoms with Crippen LogP contribution >= 0.6 is 11.3 Å². The van der Waals surface area contributed by atoms with Crippen molar-refractivity contribution >= 4 is 17.2 Å². The van der Waals surface area contributed by atoms with Crippen LogP contribution in [0.4, 0.5) is 0 Å². The largest absolute Gasteiger partial charge is 0.467 e. The minimum absolute atomic E-state index is 0.0469. The molecule has 7 heteroatoms. The summed E-state index contributed by atoms with van der Waals surface area (Å²) in [5, 5.41) is 1.97. The van der Waals surface area contributed by atoms with E-state index in [0.717, 1.165) is 16.2 Å². The molecule has 0 radical (unpaired) electrons. The molecule has 0 spiro atoms. The van der Waals surface area contributed by atoms with Gasteiger partial charge in [0.05, 0.1) is 29.8 Å². The molecular formula is C21H19N3O3S. The Morgan fingerprint density at radius 1 is 1.18 bits per heavy atom. The topological polar surface area (TPSA) is 72.4 Å². The lowest BCUT2D eigenvalue weighted by Gasteiger charge is -2.21. The number of aryl methyl sites for hydroxylation is 1. The molecule has 0 aliphatic carbocycles. The molecule has 4 rings (SSSR count).